The van der Waals surface area contributed by atoms with Crippen molar-refractivity contribution in [1.82, 2.24) is 34.6 Å². The molecule has 0 radical (unpaired) electrons. The first-order chi connectivity index (χ1) is 41.3. The molecule has 2 aromatic rings. The van der Waals surface area contributed by atoms with Gasteiger partial charge in [-0.2, -0.15) is 15.0 Å². The second-order valence-corrected chi connectivity index (χ2v) is 17.8. The summed E-state index contributed by atoms with van der Waals surface area (Å²) in [4.78, 5) is 86.9. The minimum atomic E-state index is -0.734. The summed E-state index contributed by atoms with van der Waals surface area (Å²) in [5.41, 5.74) is 0.0726. The lowest BCUT2D eigenvalue weighted by Crippen LogP contribution is -2.48. The number of amides is 4. The smallest absolute Gasteiger partial charge is 0.339 e. The summed E-state index contributed by atoms with van der Waals surface area (Å²) < 4.78 is 61.8. The molecule has 2 saturated heterocycles. The van der Waals surface area contributed by atoms with Crippen LogP contribution in [0, 0.1) is 0 Å². The molecule has 2 fully saturated rings. The number of anilines is 3. The number of carbonyl (C=O) groups is 5. The quantitative estimate of drug-likeness (QED) is 0.0242. The highest BCUT2D eigenvalue weighted by molar-refractivity contribution is 6.05. The molecule has 1 aromatic carbocycles. The van der Waals surface area contributed by atoms with Gasteiger partial charge in [0.2, 0.25) is 17.8 Å². The van der Waals surface area contributed by atoms with Crippen LogP contribution in [0.3, 0.4) is 0 Å². The number of aliphatic hydroxyl groups excluding tert-OH is 4. The van der Waals surface area contributed by atoms with E-state index in [0.29, 0.717) is 76.2 Å². The summed E-state index contributed by atoms with van der Waals surface area (Å²) in [5.74, 6) is -1.10. The minimum Gasteiger partial charge on any atom is -0.502 e. The van der Waals surface area contributed by atoms with Gasteiger partial charge in [-0.05, 0) is 56.7 Å². The molecule has 31 heteroatoms. The van der Waals surface area contributed by atoms with E-state index < -0.39 is 30.2 Å². The van der Waals surface area contributed by atoms with Gasteiger partial charge in [0, 0.05) is 68.8 Å². The van der Waals surface area contributed by atoms with Crippen molar-refractivity contribution < 1.29 is 101 Å². The average Bonchev–Trinajstić information content (AvgIpc) is 1.82. The van der Waals surface area contributed by atoms with Crippen molar-refractivity contribution in [3.05, 3.63) is 73.4 Å². The fourth-order valence-electron chi connectivity index (χ4n) is 8.09. The summed E-state index contributed by atoms with van der Waals surface area (Å²) in [6.07, 6.45) is 6.63. The van der Waals surface area contributed by atoms with Crippen LogP contribution in [0.1, 0.15) is 69.6 Å². The van der Waals surface area contributed by atoms with E-state index in [1.807, 2.05) is 0 Å². The number of hydrogen-bond acceptors (Lipinski definition) is 27. The summed E-state index contributed by atoms with van der Waals surface area (Å²) >= 11 is 0. The zero-order valence-corrected chi connectivity index (χ0v) is 49.8. The van der Waals surface area contributed by atoms with Crippen molar-refractivity contribution in [1.29, 1.82) is 0 Å². The van der Waals surface area contributed by atoms with Gasteiger partial charge in [-0.25, -0.2) is 24.0 Å². The Morgan fingerprint density at radius 3 is 1.19 bits per heavy atom. The molecule has 4 rings (SSSR count). The highest BCUT2D eigenvalue weighted by Crippen LogP contribution is 2.34. The van der Waals surface area contributed by atoms with Crippen molar-refractivity contribution in [2.45, 2.75) is 50.9 Å². The van der Waals surface area contributed by atoms with Crippen LogP contribution in [0.2, 0.25) is 0 Å². The minimum absolute atomic E-state index is 0.00968. The largest absolute Gasteiger partial charge is 0.502 e. The van der Waals surface area contributed by atoms with Gasteiger partial charge in [0.15, 0.2) is 6.17 Å². The molecule has 0 spiro atoms. The molecular formula is C54H88N10O21. The summed E-state index contributed by atoms with van der Waals surface area (Å²) in [7, 11) is 9.13. The molecule has 3 heterocycles. The number of unbranched alkanes of at least 4 members (excludes halogenated alkanes) is 3. The van der Waals surface area contributed by atoms with Gasteiger partial charge < -0.3 is 82.2 Å². The lowest BCUT2D eigenvalue weighted by Gasteiger charge is -2.28. The van der Waals surface area contributed by atoms with Gasteiger partial charge in [-0.3, -0.25) is 29.4 Å². The number of methoxy groups -OCH3 is 6. The Morgan fingerprint density at radius 1 is 0.482 bits per heavy atom. The van der Waals surface area contributed by atoms with Crippen molar-refractivity contribution in [2.75, 3.05) is 190 Å². The molecule has 0 atom stereocenters. The fraction of sp³-hybridized carbons (Fsp3) is 0.630. The molecule has 31 nitrogen and oxygen atoms in total. The summed E-state index contributed by atoms with van der Waals surface area (Å²) in [6, 6.07) is 3.42. The predicted octanol–water partition coefficient (Wildman–Crippen LogP) is 1.98. The molecule has 1 aromatic heterocycles. The Kier molecular flexibility index (Phi) is 38.5. The number of nitrogens with zero attached hydrogens (tertiary/aromatic N) is 10. The van der Waals surface area contributed by atoms with E-state index in [0.717, 1.165) is 0 Å². The molecule has 4 amide bonds. The topological polar surface area (TPSA) is 338 Å². The SMILES string of the molecule is C=COCCCCOC(=O)c1ccc(C(=O)OCCCCOC=C)c(C(=O)OCCCCOC=C)c1.COCN(COC)c1nc(N(CCO)CCO)nc(N(COC)COC)n1.COCN1C(=O)N(CCO)C2C1N(COC)C(=O)N2CCO. The normalized spacial score (nSPS) is 14.1. The number of rotatable bonds is 44. The number of aliphatic hydroxyl groups is 4. The van der Waals surface area contributed by atoms with Crippen molar-refractivity contribution in [3.63, 3.8) is 0 Å². The van der Waals surface area contributed by atoms with Gasteiger partial charge >= 0.3 is 30.0 Å². The van der Waals surface area contributed by atoms with Crippen molar-refractivity contribution in [2.24, 2.45) is 0 Å². The number of benzene rings is 1. The van der Waals surface area contributed by atoms with Crippen LogP contribution in [0.4, 0.5) is 27.4 Å². The molecule has 85 heavy (non-hydrogen) atoms. The van der Waals surface area contributed by atoms with E-state index in [9.17, 15) is 44.4 Å². The first-order valence-corrected chi connectivity index (χ1v) is 27.2. The Bertz CT molecular complexity index is 2100. The monoisotopic (exact) mass is 1210 g/mol. The van der Waals surface area contributed by atoms with Gasteiger partial charge in [0.1, 0.15) is 46.6 Å². The van der Waals surface area contributed by atoms with Crippen LogP contribution >= 0.6 is 0 Å². The maximum Gasteiger partial charge on any atom is 0.339 e. The predicted molar refractivity (Wildman–Crippen MR) is 305 cm³/mol. The van der Waals surface area contributed by atoms with Crippen LogP contribution in [-0.2, 0) is 56.8 Å². The molecule has 4 N–H and O–H groups in total. The number of β-amino-alcohol motifs (C(OH)–C–C–N with tert-alkyl or cyclic N) is 2. The van der Waals surface area contributed by atoms with Crippen LogP contribution in [0.15, 0.2) is 56.7 Å². The Labute approximate surface area is 496 Å². The molecule has 0 aliphatic carbocycles. The molecule has 2 aliphatic rings. The van der Waals surface area contributed by atoms with Gasteiger partial charge in [-0.1, -0.05) is 19.7 Å². The van der Waals surface area contributed by atoms with E-state index in [1.165, 1.54) is 70.8 Å². The Hall–Kier alpha value is -7.20. The number of esters is 3. The summed E-state index contributed by atoms with van der Waals surface area (Å²) in [5, 5.41) is 37.0. The molecule has 0 saturated carbocycles. The standard InChI is InChI=1S/C27H36O9.C15H30N6O6.C12H22N4O6/c1-4-31-15-7-10-18-34-25(28)22-13-14-23(26(29)35-19-11-8-16-32-5-2)24(21-22)27(30)36-20-12-9-17-33-6-3;1-24-9-20(10-25-2)14-16-13(19(5-7-22)6-8-23)17-15(18-14)21(11-26-3)12-27-4;1-21-7-15-10-9(13(3-5-17)11(15)19)14(4-6-18)12(20)16(10)8-22-2/h4-6,13-14,21H,1-3,7-12,15-20H2;22-23H,5-12H2,1-4H3;9-10,17-18H,3-8H2,1-2H3. The highest BCUT2D eigenvalue weighted by Gasteiger charge is 2.58. The van der Waals surface area contributed by atoms with Gasteiger partial charge in [0.05, 0.1) is 102 Å². The maximum atomic E-state index is 12.8. The second-order valence-electron chi connectivity index (χ2n) is 17.8. The first kappa shape index (κ1) is 73.9. The second kappa shape index (κ2) is 44.3. The van der Waals surface area contributed by atoms with Crippen LogP contribution in [-0.4, -0.2) is 273 Å². The van der Waals surface area contributed by atoms with Crippen molar-refractivity contribution in [3.8, 4) is 0 Å². The van der Waals surface area contributed by atoms with E-state index in [1.54, 1.807) is 43.1 Å². The number of ether oxygens (including phenoxy) is 12. The van der Waals surface area contributed by atoms with E-state index in [4.69, 9.17) is 56.8 Å². The number of hydrogen-bond donors (Lipinski definition) is 4. The van der Waals surface area contributed by atoms with Crippen molar-refractivity contribution >= 4 is 47.8 Å². The highest BCUT2D eigenvalue weighted by atomic mass is 16.6. The van der Waals surface area contributed by atoms with E-state index in [2.05, 4.69) is 34.7 Å². The molecule has 2 aliphatic heterocycles. The number of urea groups is 2. The molecule has 0 bridgehead atoms. The third-order valence-electron chi connectivity index (χ3n) is 11.8. The number of carbonyl (C=O) groups excluding carboxylic acids is 5. The fourth-order valence-corrected chi connectivity index (χ4v) is 8.09. The van der Waals surface area contributed by atoms with Crippen LogP contribution in [0.5, 0.6) is 0 Å². The third-order valence-corrected chi connectivity index (χ3v) is 11.8. The molecule has 0 unspecified atom stereocenters. The Morgan fingerprint density at radius 2 is 0.835 bits per heavy atom. The zero-order chi connectivity index (χ0) is 62.8. The third kappa shape index (κ3) is 24.7. The summed E-state index contributed by atoms with van der Waals surface area (Å²) in [6.45, 7) is 13.1. The van der Waals surface area contributed by atoms with Crippen LogP contribution < -0.4 is 14.7 Å². The lowest BCUT2D eigenvalue weighted by molar-refractivity contribution is -0.00265. The van der Waals surface area contributed by atoms with E-state index in [-0.39, 0.29) is 142 Å². The van der Waals surface area contributed by atoms with Gasteiger partial charge in [-0.15, -0.1) is 0 Å². The number of fused-ring (bicyclic) bond motifs is 1. The van der Waals surface area contributed by atoms with Crippen LogP contribution in [0.25, 0.3) is 0 Å². The zero-order valence-electron chi connectivity index (χ0n) is 49.8. The van der Waals surface area contributed by atoms with E-state index >= 15 is 0 Å². The van der Waals surface area contributed by atoms with Gasteiger partial charge in [0.25, 0.3) is 0 Å². The Balaban J connectivity index is 0.000000449. The number of aromatic nitrogens is 3. The molecule has 480 valence electrons. The molecular weight excluding hydrogens is 1120 g/mol. The average molecular weight is 1210 g/mol. The first-order valence-electron chi connectivity index (χ1n) is 27.2. The maximum absolute atomic E-state index is 12.8. The lowest BCUT2D eigenvalue weighted by atomic mass is 10.0.